The molecule has 1 saturated heterocycles. The minimum absolute atomic E-state index is 0.162. The number of hydrogen-bond acceptors (Lipinski definition) is 3. The quantitative estimate of drug-likeness (QED) is 0.891. The largest absolute Gasteiger partial charge is 0.444 e. The third-order valence-electron chi connectivity index (χ3n) is 3.24. The van der Waals surface area contributed by atoms with E-state index in [4.69, 9.17) is 4.74 Å². The summed E-state index contributed by atoms with van der Waals surface area (Å²) >= 11 is 0. The first-order valence-electron chi connectivity index (χ1n) is 6.45. The standard InChI is InChI=1S/C14H18N2O3/c1-11-6-5-9-16(11)13(17)15-14(18)19-10-12-7-3-2-4-8-12/h2-4,7-8,11H,5-6,9-10H2,1H3,(H,15,17,18)/t11-/m1/s1. The van der Waals surface area contributed by atoms with Crippen molar-refractivity contribution in [3.05, 3.63) is 35.9 Å². The Kier molecular flexibility index (Phi) is 4.39. The average molecular weight is 262 g/mol. The Labute approximate surface area is 112 Å². The van der Waals surface area contributed by atoms with Crippen molar-refractivity contribution >= 4 is 12.1 Å². The maximum Gasteiger partial charge on any atom is 0.415 e. The summed E-state index contributed by atoms with van der Waals surface area (Å²) in [7, 11) is 0. The molecule has 1 fully saturated rings. The second kappa shape index (κ2) is 6.22. The number of imide groups is 1. The lowest BCUT2D eigenvalue weighted by molar-refractivity contribution is 0.135. The van der Waals surface area contributed by atoms with Crippen molar-refractivity contribution in [3.8, 4) is 0 Å². The minimum Gasteiger partial charge on any atom is -0.444 e. The van der Waals surface area contributed by atoms with Gasteiger partial charge in [0.05, 0.1) is 0 Å². The Morgan fingerprint density at radius 1 is 1.37 bits per heavy atom. The number of hydrogen-bond donors (Lipinski definition) is 1. The topological polar surface area (TPSA) is 58.6 Å². The Bertz CT molecular complexity index is 447. The van der Waals surface area contributed by atoms with Crippen molar-refractivity contribution in [2.24, 2.45) is 0 Å². The highest BCUT2D eigenvalue weighted by Gasteiger charge is 2.26. The summed E-state index contributed by atoms with van der Waals surface area (Å²) in [6, 6.07) is 9.16. The van der Waals surface area contributed by atoms with Crippen LogP contribution in [0.2, 0.25) is 0 Å². The van der Waals surface area contributed by atoms with E-state index in [-0.39, 0.29) is 18.7 Å². The number of nitrogens with one attached hydrogen (secondary N) is 1. The van der Waals surface area contributed by atoms with E-state index >= 15 is 0 Å². The van der Waals surface area contributed by atoms with Crippen LogP contribution in [0.3, 0.4) is 0 Å². The molecule has 19 heavy (non-hydrogen) atoms. The molecule has 5 heteroatoms. The van der Waals surface area contributed by atoms with Crippen molar-refractivity contribution in [3.63, 3.8) is 0 Å². The minimum atomic E-state index is -0.701. The van der Waals surface area contributed by atoms with Gasteiger partial charge in [-0.05, 0) is 25.3 Å². The molecule has 0 saturated carbocycles. The number of alkyl carbamates (subject to hydrolysis) is 1. The fourth-order valence-corrected chi connectivity index (χ4v) is 2.15. The van der Waals surface area contributed by atoms with E-state index in [1.165, 1.54) is 0 Å². The van der Waals surface area contributed by atoms with Gasteiger partial charge in [-0.25, -0.2) is 14.9 Å². The van der Waals surface area contributed by atoms with Crippen LogP contribution < -0.4 is 5.32 Å². The molecule has 0 unspecified atom stereocenters. The van der Waals surface area contributed by atoms with Crippen LogP contribution in [0.4, 0.5) is 9.59 Å². The second-order valence-electron chi connectivity index (χ2n) is 4.68. The van der Waals surface area contributed by atoms with Crippen LogP contribution in [-0.2, 0) is 11.3 Å². The summed E-state index contributed by atoms with van der Waals surface area (Å²) < 4.78 is 5.00. The second-order valence-corrected chi connectivity index (χ2v) is 4.68. The predicted molar refractivity (Wildman–Crippen MR) is 70.6 cm³/mol. The maximum absolute atomic E-state index is 11.8. The lowest BCUT2D eigenvalue weighted by Crippen LogP contribution is -2.44. The fraction of sp³-hybridized carbons (Fsp3) is 0.429. The zero-order valence-corrected chi connectivity index (χ0v) is 11.0. The first-order valence-corrected chi connectivity index (χ1v) is 6.45. The molecule has 1 aromatic carbocycles. The van der Waals surface area contributed by atoms with Crippen LogP contribution in [0.25, 0.3) is 0 Å². The van der Waals surface area contributed by atoms with E-state index in [9.17, 15) is 9.59 Å². The van der Waals surface area contributed by atoms with Crippen LogP contribution in [0, 0.1) is 0 Å². The number of urea groups is 1. The first kappa shape index (κ1) is 13.4. The molecule has 5 nitrogen and oxygen atoms in total. The zero-order chi connectivity index (χ0) is 13.7. The highest BCUT2D eigenvalue weighted by Crippen LogP contribution is 2.15. The summed E-state index contributed by atoms with van der Waals surface area (Å²) in [4.78, 5) is 25.0. The van der Waals surface area contributed by atoms with E-state index in [1.54, 1.807) is 4.90 Å². The van der Waals surface area contributed by atoms with E-state index in [1.807, 2.05) is 37.3 Å². The SMILES string of the molecule is C[C@@H]1CCCN1C(=O)NC(=O)OCc1ccccc1. The Morgan fingerprint density at radius 3 is 2.74 bits per heavy atom. The number of rotatable bonds is 2. The summed E-state index contributed by atoms with van der Waals surface area (Å²) in [6.45, 7) is 2.83. The fourth-order valence-electron chi connectivity index (χ4n) is 2.15. The molecule has 0 radical (unpaired) electrons. The number of carbonyl (C=O) groups is 2. The Balaban J connectivity index is 1.76. The molecule has 1 N–H and O–H groups in total. The molecular weight excluding hydrogens is 244 g/mol. The predicted octanol–water partition coefficient (Wildman–Crippen LogP) is 2.52. The lowest BCUT2D eigenvalue weighted by Gasteiger charge is -2.20. The summed E-state index contributed by atoms with van der Waals surface area (Å²) in [6.07, 6.45) is 1.26. The molecule has 1 atom stereocenters. The molecular formula is C14H18N2O3. The van der Waals surface area contributed by atoms with Gasteiger partial charge < -0.3 is 9.64 Å². The van der Waals surface area contributed by atoms with Crippen molar-refractivity contribution in [2.45, 2.75) is 32.4 Å². The molecule has 0 spiro atoms. The zero-order valence-electron chi connectivity index (χ0n) is 11.0. The van der Waals surface area contributed by atoms with Gasteiger partial charge >= 0.3 is 12.1 Å². The number of carbonyl (C=O) groups excluding carboxylic acids is 2. The highest BCUT2D eigenvalue weighted by atomic mass is 16.5. The van der Waals surface area contributed by atoms with E-state index in [2.05, 4.69) is 5.32 Å². The Morgan fingerprint density at radius 2 is 2.11 bits per heavy atom. The van der Waals surface area contributed by atoms with Crippen LogP contribution in [0.1, 0.15) is 25.3 Å². The number of benzene rings is 1. The van der Waals surface area contributed by atoms with Gasteiger partial charge in [0.15, 0.2) is 0 Å². The van der Waals surface area contributed by atoms with Crippen molar-refractivity contribution in [1.82, 2.24) is 10.2 Å². The number of ether oxygens (including phenoxy) is 1. The van der Waals surface area contributed by atoms with Gasteiger partial charge in [-0.2, -0.15) is 0 Å². The molecule has 1 aliphatic rings. The first-order chi connectivity index (χ1) is 9.16. The Hall–Kier alpha value is -2.04. The van der Waals surface area contributed by atoms with Gasteiger partial charge in [-0.3, -0.25) is 0 Å². The molecule has 0 bridgehead atoms. The number of nitrogens with zero attached hydrogens (tertiary/aromatic N) is 1. The van der Waals surface area contributed by atoms with Crippen LogP contribution in [0.15, 0.2) is 30.3 Å². The third-order valence-corrected chi connectivity index (χ3v) is 3.24. The molecule has 1 aliphatic heterocycles. The summed E-state index contributed by atoms with van der Waals surface area (Å²) in [5.74, 6) is 0. The van der Waals surface area contributed by atoms with Gasteiger partial charge in [0, 0.05) is 12.6 Å². The van der Waals surface area contributed by atoms with Gasteiger partial charge in [-0.15, -0.1) is 0 Å². The molecule has 0 aromatic heterocycles. The van der Waals surface area contributed by atoms with Gasteiger partial charge in [0.1, 0.15) is 6.61 Å². The third kappa shape index (κ3) is 3.71. The summed E-state index contributed by atoms with van der Waals surface area (Å²) in [5, 5.41) is 2.25. The van der Waals surface area contributed by atoms with Crippen molar-refractivity contribution < 1.29 is 14.3 Å². The average Bonchev–Trinajstić information content (AvgIpc) is 2.84. The number of amides is 3. The number of likely N-dealkylation sites (tertiary alicyclic amines) is 1. The molecule has 0 aliphatic carbocycles. The monoisotopic (exact) mass is 262 g/mol. The van der Waals surface area contributed by atoms with Gasteiger partial charge in [0.25, 0.3) is 0 Å². The lowest BCUT2D eigenvalue weighted by atomic mass is 10.2. The van der Waals surface area contributed by atoms with Crippen LogP contribution >= 0.6 is 0 Å². The van der Waals surface area contributed by atoms with Crippen LogP contribution in [-0.4, -0.2) is 29.6 Å². The van der Waals surface area contributed by atoms with Gasteiger partial charge in [-0.1, -0.05) is 30.3 Å². The molecule has 2 rings (SSSR count). The molecule has 1 aromatic rings. The summed E-state index contributed by atoms with van der Waals surface area (Å²) in [5.41, 5.74) is 0.889. The maximum atomic E-state index is 11.8. The van der Waals surface area contributed by atoms with E-state index in [0.29, 0.717) is 6.54 Å². The normalized spacial score (nSPS) is 18.2. The van der Waals surface area contributed by atoms with Crippen molar-refractivity contribution in [2.75, 3.05) is 6.54 Å². The highest BCUT2D eigenvalue weighted by molar-refractivity contribution is 5.90. The van der Waals surface area contributed by atoms with Crippen molar-refractivity contribution in [1.29, 1.82) is 0 Å². The molecule has 1 heterocycles. The van der Waals surface area contributed by atoms with E-state index in [0.717, 1.165) is 18.4 Å². The van der Waals surface area contributed by atoms with Crippen LogP contribution in [0.5, 0.6) is 0 Å². The van der Waals surface area contributed by atoms with Gasteiger partial charge in [0.2, 0.25) is 0 Å². The molecule has 102 valence electrons. The van der Waals surface area contributed by atoms with E-state index < -0.39 is 6.09 Å². The smallest absolute Gasteiger partial charge is 0.415 e. The molecule has 3 amide bonds.